The minimum Gasteiger partial charge on any atom is -0.478 e. The molecule has 0 amide bonds. The molecule has 0 aromatic heterocycles. The summed E-state index contributed by atoms with van der Waals surface area (Å²) in [7, 11) is -3.88. The molecule has 110 valence electrons. The van der Waals surface area contributed by atoms with Crippen LogP contribution in [-0.4, -0.2) is 43.2 Å². The molecule has 2 rings (SSSR count). The van der Waals surface area contributed by atoms with Crippen molar-refractivity contribution in [3.05, 3.63) is 28.8 Å². The third-order valence-corrected chi connectivity index (χ3v) is 5.48. The van der Waals surface area contributed by atoms with Gasteiger partial charge in [-0.15, -0.1) is 0 Å². The lowest BCUT2D eigenvalue weighted by Gasteiger charge is -2.32. The maximum atomic E-state index is 12.6. The first-order chi connectivity index (χ1) is 9.34. The van der Waals surface area contributed by atoms with Crippen molar-refractivity contribution in [3.63, 3.8) is 0 Å². The van der Waals surface area contributed by atoms with Crippen molar-refractivity contribution in [3.8, 4) is 0 Å². The molecule has 8 heteroatoms. The van der Waals surface area contributed by atoms with E-state index in [1.54, 1.807) is 6.92 Å². The van der Waals surface area contributed by atoms with Crippen molar-refractivity contribution in [2.45, 2.75) is 24.5 Å². The first kappa shape index (κ1) is 15.2. The number of carbonyl (C=O) groups is 1. The summed E-state index contributed by atoms with van der Waals surface area (Å²) in [6.45, 7) is 2.44. The number of rotatable bonds is 3. The molecule has 20 heavy (non-hydrogen) atoms. The van der Waals surface area contributed by atoms with E-state index in [1.807, 2.05) is 0 Å². The quantitative estimate of drug-likeness (QED) is 0.918. The van der Waals surface area contributed by atoms with Gasteiger partial charge in [0, 0.05) is 13.2 Å². The SMILES string of the molecule is CC1OCCCN1S(=O)(=O)c1cc(C(=O)O)ccc1Cl. The molecule has 1 unspecified atom stereocenters. The van der Waals surface area contributed by atoms with Crippen molar-refractivity contribution in [2.75, 3.05) is 13.2 Å². The molecular formula is C12H14ClNO5S. The summed E-state index contributed by atoms with van der Waals surface area (Å²) < 4.78 is 31.6. The first-order valence-corrected chi connectivity index (χ1v) is 7.82. The summed E-state index contributed by atoms with van der Waals surface area (Å²) in [5, 5.41) is 8.95. The Morgan fingerprint density at radius 2 is 2.20 bits per heavy atom. The molecule has 6 nitrogen and oxygen atoms in total. The average molecular weight is 320 g/mol. The molecule has 1 aliphatic rings. The summed E-state index contributed by atoms with van der Waals surface area (Å²) in [5.74, 6) is -1.21. The van der Waals surface area contributed by atoms with E-state index in [9.17, 15) is 13.2 Å². The molecule has 1 aromatic carbocycles. The predicted octanol–water partition coefficient (Wildman–Crippen LogP) is 1.80. The smallest absolute Gasteiger partial charge is 0.335 e. The number of halogens is 1. The summed E-state index contributed by atoms with van der Waals surface area (Å²) in [6.07, 6.45) is -0.0157. The van der Waals surface area contributed by atoms with Gasteiger partial charge in [0.1, 0.15) is 11.1 Å². The molecule has 1 saturated heterocycles. The molecule has 1 atom stereocenters. The first-order valence-electron chi connectivity index (χ1n) is 6.00. The van der Waals surface area contributed by atoms with Crippen LogP contribution < -0.4 is 0 Å². The lowest BCUT2D eigenvalue weighted by atomic mass is 10.2. The van der Waals surface area contributed by atoms with E-state index >= 15 is 0 Å². The van der Waals surface area contributed by atoms with Crippen LogP contribution in [0.1, 0.15) is 23.7 Å². The highest BCUT2D eigenvalue weighted by Crippen LogP contribution is 2.28. The van der Waals surface area contributed by atoms with Crippen molar-refractivity contribution in [1.29, 1.82) is 0 Å². The van der Waals surface area contributed by atoms with Gasteiger partial charge in [-0.05, 0) is 31.5 Å². The van der Waals surface area contributed by atoms with Crippen LogP contribution in [0.2, 0.25) is 5.02 Å². The summed E-state index contributed by atoms with van der Waals surface area (Å²) in [4.78, 5) is 10.7. The van der Waals surface area contributed by atoms with Gasteiger partial charge < -0.3 is 9.84 Å². The second-order valence-electron chi connectivity index (χ2n) is 4.39. The second kappa shape index (κ2) is 5.69. The Kier molecular flexibility index (Phi) is 4.33. The number of hydrogen-bond acceptors (Lipinski definition) is 4. The third kappa shape index (κ3) is 2.80. The fourth-order valence-electron chi connectivity index (χ4n) is 2.02. The summed E-state index contributed by atoms with van der Waals surface area (Å²) >= 11 is 5.91. The zero-order valence-corrected chi connectivity index (χ0v) is 12.3. The number of benzene rings is 1. The maximum Gasteiger partial charge on any atom is 0.335 e. The molecular weight excluding hydrogens is 306 g/mol. The normalized spacial score (nSPS) is 20.8. The van der Waals surface area contributed by atoms with Gasteiger partial charge in [0.2, 0.25) is 10.0 Å². The van der Waals surface area contributed by atoms with Crippen LogP contribution >= 0.6 is 11.6 Å². The van der Waals surface area contributed by atoms with E-state index in [4.69, 9.17) is 21.4 Å². The Hall–Kier alpha value is -1.15. The molecule has 1 heterocycles. The summed E-state index contributed by atoms with van der Waals surface area (Å²) in [6, 6.07) is 3.61. The molecule has 0 saturated carbocycles. The van der Waals surface area contributed by atoms with Crippen molar-refractivity contribution < 1.29 is 23.1 Å². The molecule has 1 fully saturated rings. The van der Waals surface area contributed by atoms with Crippen molar-refractivity contribution in [2.24, 2.45) is 0 Å². The van der Waals surface area contributed by atoms with E-state index in [2.05, 4.69) is 0 Å². The molecule has 1 aromatic rings. The highest BCUT2D eigenvalue weighted by atomic mass is 35.5. The topological polar surface area (TPSA) is 83.9 Å². The van der Waals surface area contributed by atoms with Gasteiger partial charge in [-0.2, -0.15) is 4.31 Å². The van der Waals surface area contributed by atoms with Gasteiger partial charge in [-0.3, -0.25) is 0 Å². The molecule has 0 radical (unpaired) electrons. The lowest BCUT2D eigenvalue weighted by Crippen LogP contribution is -2.44. The third-order valence-electron chi connectivity index (χ3n) is 3.05. The molecule has 0 aliphatic carbocycles. The second-order valence-corrected chi connectivity index (χ2v) is 6.66. The number of hydrogen-bond donors (Lipinski definition) is 1. The van der Waals surface area contributed by atoms with Gasteiger partial charge in [-0.1, -0.05) is 11.6 Å². The highest BCUT2D eigenvalue weighted by Gasteiger charge is 2.33. The molecule has 1 aliphatic heterocycles. The van der Waals surface area contributed by atoms with Crippen molar-refractivity contribution in [1.82, 2.24) is 4.31 Å². The maximum absolute atomic E-state index is 12.6. The van der Waals surface area contributed by atoms with Gasteiger partial charge in [0.25, 0.3) is 0 Å². The fourth-order valence-corrected chi connectivity index (χ4v) is 4.09. The van der Waals surface area contributed by atoms with Crippen LogP contribution in [0, 0.1) is 0 Å². The zero-order chi connectivity index (χ0) is 14.9. The van der Waals surface area contributed by atoms with E-state index in [1.165, 1.54) is 16.4 Å². The Morgan fingerprint density at radius 3 is 2.80 bits per heavy atom. The molecule has 0 bridgehead atoms. The Bertz CT molecular complexity index is 631. The van der Waals surface area contributed by atoms with E-state index in [-0.39, 0.29) is 15.5 Å². The predicted molar refractivity (Wildman–Crippen MR) is 72.3 cm³/mol. The van der Waals surface area contributed by atoms with Crippen LogP contribution in [0.15, 0.2) is 23.1 Å². The highest BCUT2D eigenvalue weighted by molar-refractivity contribution is 7.89. The van der Waals surface area contributed by atoms with Crippen molar-refractivity contribution >= 4 is 27.6 Å². The lowest BCUT2D eigenvalue weighted by molar-refractivity contribution is -0.0410. The Labute approximate surface area is 122 Å². The number of carboxylic acids is 1. The van der Waals surface area contributed by atoms with Crippen LogP contribution in [0.5, 0.6) is 0 Å². The number of carboxylic acid groups (broad SMARTS) is 1. The van der Waals surface area contributed by atoms with Crippen LogP contribution in [0.4, 0.5) is 0 Å². The average Bonchev–Trinajstić information content (AvgIpc) is 2.39. The van der Waals surface area contributed by atoms with Gasteiger partial charge in [0.05, 0.1) is 10.6 Å². The van der Waals surface area contributed by atoms with Gasteiger partial charge >= 0.3 is 5.97 Å². The minimum atomic E-state index is -3.88. The summed E-state index contributed by atoms with van der Waals surface area (Å²) in [5.41, 5.74) is -0.126. The van der Waals surface area contributed by atoms with E-state index in [0.29, 0.717) is 19.6 Å². The van der Waals surface area contributed by atoms with Crippen LogP contribution in [0.25, 0.3) is 0 Å². The van der Waals surface area contributed by atoms with Crippen LogP contribution in [0.3, 0.4) is 0 Å². The molecule has 1 N–H and O–H groups in total. The zero-order valence-electron chi connectivity index (χ0n) is 10.7. The Morgan fingerprint density at radius 1 is 1.50 bits per heavy atom. The minimum absolute atomic E-state index is 0.00669. The van der Waals surface area contributed by atoms with E-state index < -0.39 is 22.2 Å². The van der Waals surface area contributed by atoms with E-state index in [0.717, 1.165) is 6.07 Å². The number of sulfonamides is 1. The van der Waals surface area contributed by atoms with Gasteiger partial charge in [0.15, 0.2) is 0 Å². The number of aromatic carboxylic acids is 1. The van der Waals surface area contributed by atoms with Gasteiger partial charge in [-0.25, -0.2) is 13.2 Å². The monoisotopic (exact) mass is 319 g/mol. The molecule has 0 spiro atoms. The Balaban J connectivity index is 2.48. The number of ether oxygens (including phenoxy) is 1. The number of nitrogens with zero attached hydrogens (tertiary/aromatic N) is 1. The van der Waals surface area contributed by atoms with Crippen LogP contribution in [-0.2, 0) is 14.8 Å². The fraction of sp³-hybridized carbons (Fsp3) is 0.417. The largest absolute Gasteiger partial charge is 0.478 e. The standard InChI is InChI=1S/C12H14ClNO5S/c1-8-14(5-2-6-19-8)20(17,18)11-7-9(12(15)16)3-4-10(11)13/h3-4,7-8H,2,5-6H2,1H3,(H,15,16).